The number of halogens is 3. The Morgan fingerprint density at radius 1 is 1.14 bits per heavy atom. The summed E-state index contributed by atoms with van der Waals surface area (Å²) in [5.74, 6) is -1.73. The third kappa shape index (κ3) is 2.73. The van der Waals surface area contributed by atoms with Crippen LogP contribution in [0.3, 0.4) is 0 Å². The average molecular weight is 296 g/mol. The zero-order valence-corrected chi connectivity index (χ0v) is 10.3. The highest BCUT2D eigenvalue weighted by molar-refractivity contribution is 6.04. The molecule has 108 valence electrons. The van der Waals surface area contributed by atoms with Gasteiger partial charge in [0.2, 0.25) is 5.95 Å². The number of nitrogens with zero attached hydrogens (tertiary/aromatic N) is 1. The van der Waals surface area contributed by atoms with Gasteiger partial charge in [-0.25, -0.2) is 4.98 Å². The molecule has 0 saturated carbocycles. The molecule has 0 fully saturated rings. The Labute approximate surface area is 116 Å². The minimum Gasteiger partial charge on any atom is -0.395 e. The zero-order valence-electron chi connectivity index (χ0n) is 10.3. The summed E-state index contributed by atoms with van der Waals surface area (Å²) in [6.45, 7) is 0. The van der Waals surface area contributed by atoms with Gasteiger partial charge in [-0.3, -0.25) is 4.79 Å². The maximum Gasteiger partial charge on any atom is 0.586 e. The number of hydrogen-bond acceptors (Lipinski definition) is 4. The summed E-state index contributed by atoms with van der Waals surface area (Å²) in [7, 11) is 0. The number of nitrogens with one attached hydrogen (secondary N) is 1. The summed E-state index contributed by atoms with van der Waals surface area (Å²) in [6.07, 6.45) is -2.58. The number of anilines is 1. The molecule has 0 spiro atoms. The minimum atomic E-state index is -3.72. The molecule has 1 aliphatic rings. The van der Waals surface area contributed by atoms with Gasteiger partial charge in [0.1, 0.15) is 0 Å². The predicted octanol–water partition coefficient (Wildman–Crippen LogP) is 2.79. The van der Waals surface area contributed by atoms with Crippen LogP contribution in [0.5, 0.6) is 11.5 Å². The maximum absolute atomic E-state index is 12.9. The van der Waals surface area contributed by atoms with Gasteiger partial charge in [0.25, 0.3) is 5.91 Å². The third-order valence-electron chi connectivity index (χ3n) is 2.65. The fraction of sp³-hybridized carbons (Fsp3) is 0.0769. The number of pyridine rings is 1. The second-order valence-electron chi connectivity index (χ2n) is 4.15. The van der Waals surface area contributed by atoms with E-state index in [0.717, 1.165) is 12.3 Å². The van der Waals surface area contributed by atoms with Gasteiger partial charge in [0.05, 0.1) is 0 Å². The number of alkyl halides is 2. The topological polar surface area (TPSA) is 60.5 Å². The zero-order chi connectivity index (χ0) is 15.0. The molecule has 1 aromatic carbocycles. The van der Waals surface area contributed by atoms with Crippen molar-refractivity contribution < 1.29 is 27.4 Å². The molecule has 1 amide bonds. The lowest BCUT2D eigenvalue weighted by atomic mass is 10.2. The van der Waals surface area contributed by atoms with E-state index in [1.165, 1.54) is 24.3 Å². The SMILES string of the molecule is O=C(Nc1ccc2c(c1)OC(F)(F)O2)c1ccnc(F)c1. The van der Waals surface area contributed by atoms with Crippen molar-refractivity contribution in [2.75, 3.05) is 5.32 Å². The van der Waals surface area contributed by atoms with Crippen LogP contribution in [0.25, 0.3) is 0 Å². The summed E-state index contributed by atoms with van der Waals surface area (Å²) in [5, 5.41) is 2.43. The molecule has 0 aliphatic carbocycles. The normalized spacial score (nSPS) is 14.8. The molecule has 0 unspecified atom stereocenters. The highest BCUT2D eigenvalue weighted by Crippen LogP contribution is 2.42. The average Bonchev–Trinajstić information content (AvgIpc) is 2.72. The monoisotopic (exact) mass is 296 g/mol. The van der Waals surface area contributed by atoms with E-state index in [1.807, 2.05) is 0 Å². The van der Waals surface area contributed by atoms with Crippen molar-refractivity contribution in [3.63, 3.8) is 0 Å². The van der Waals surface area contributed by atoms with E-state index in [0.29, 0.717) is 0 Å². The van der Waals surface area contributed by atoms with Gasteiger partial charge >= 0.3 is 6.29 Å². The number of benzene rings is 1. The first kappa shape index (κ1) is 13.2. The van der Waals surface area contributed by atoms with Crippen LogP contribution < -0.4 is 14.8 Å². The van der Waals surface area contributed by atoms with Gasteiger partial charge in [-0.15, -0.1) is 8.78 Å². The number of aromatic nitrogens is 1. The van der Waals surface area contributed by atoms with E-state index in [1.54, 1.807) is 0 Å². The molecule has 5 nitrogen and oxygen atoms in total. The maximum atomic E-state index is 12.9. The first-order chi connectivity index (χ1) is 9.93. The van der Waals surface area contributed by atoms with Crippen molar-refractivity contribution >= 4 is 11.6 Å². The Balaban J connectivity index is 1.79. The molecule has 0 atom stereocenters. The van der Waals surface area contributed by atoms with E-state index >= 15 is 0 Å². The lowest BCUT2D eigenvalue weighted by Gasteiger charge is -2.06. The first-order valence-corrected chi connectivity index (χ1v) is 5.76. The molecule has 1 aliphatic heterocycles. The summed E-state index contributed by atoms with van der Waals surface area (Å²) in [5.41, 5.74) is 0.253. The fourth-order valence-electron chi connectivity index (χ4n) is 1.77. The fourth-order valence-corrected chi connectivity index (χ4v) is 1.77. The van der Waals surface area contributed by atoms with Crippen LogP contribution >= 0.6 is 0 Å². The van der Waals surface area contributed by atoms with Crippen molar-refractivity contribution in [3.05, 3.63) is 48.0 Å². The largest absolute Gasteiger partial charge is 0.586 e. The van der Waals surface area contributed by atoms with Crippen LogP contribution in [-0.4, -0.2) is 17.2 Å². The Kier molecular flexibility index (Phi) is 2.93. The number of hydrogen-bond donors (Lipinski definition) is 1. The summed E-state index contributed by atoms with van der Waals surface area (Å²) in [4.78, 5) is 15.2. The van der Waals surface area contributed by atoms with Crippen molar-refractivity contribution in [1.29, 1.82) is 0 Å². The molecule has 2 heterocycles. The molecule has 0 saturated heterocycles. The predicted molar refractivity (Wildman–Crippen MR) is 64.8 cm³/mol. The third-order valence-corrected chi connectivity index (χ3v) is 2.65. The number of carbonyl (C=O) groups excluding carboxylic acids is 1. The highest BCUT2D eigenvalue weighted by atomic mass is 19.3. The Bertz CT molecular complexity index is 722. The lowest BCUT2D eigenvalue weighted by Crippen LogP contribution is -2.25. The smallest absolute Gasteiger partial charge is 0.395 e. The molecule has 0 radical (unpaired) electrons. The van der Waals surface area contributed by atoms with Crippen LogP contribution in [0.15, 0.2) is 36.5 Å². The van der Waals surface area contributed by atoms with Gasteiger partial charge in [-0.05, 0) is 18.2 Å². The van der Waals surface area contributed by atoms with Crippen molar-refractivity contribution in [3.8, 4) is 11.5 Å². The van der Waals surface area contributed by atoms with Crippen molar-refractivity contribution in [1.82, 2.24) is 4.98 Å². The van der Waals surface area contributed by atoms with E-state index in [4.69, 9.17) is 0 Å². The highest BCUT2D eigenvalue weighted by Gasteiger charge is 2.43. The second-order valence-corrected chi connectivity index (χ2v) is 4.15. The summed E-state index contributed by atoms with van der Waals surface area (Å²) < 4.78 is 47.1. The molecular weight excluding hydrogens is 289 g/mol. The van der Waals surface area contributed by atoms with E-state index in [2.05, 4.69) is 19.8 Å². The van der Waals surface area contributed by atoms with Gasteiger partial charge < -0.3 is 14.8 Å². The molecule has 8 heteroatoms. The van der Waals surface area contributed by atoms with E-state index < -0.39 is 18.1 Å². The standard InChI is InChI=1S/C13H7F3N2O3/c14-11-5-7(3-4-17-11)12(19)18-8-1-2-9-10(6-8)21-13(15,16)20-9/h1-6H,(H,18,19). The number of fused-ring (bicyclic) bond motifs is 1. The van der Waals surface area contributed by atoms with Gasteiger partial charge in [-0.1, -0.05) is 0 Å². The van der Waals surface area contributed by atoms with Crippen LogP contribution in [0.4, 0.5) is 18.9 Å². The Morgan fingerprint density at radius 2 is 1.90 bits per heavy atom. The molecule has 3 rings (SSSR count). The van der Waals surface area contributed by atoms with Crippen molar-refractivity contribution in [2.45, 2.75) is 6.29 Å². The molecule has 21 heavy (non-hydrogen) atoms. The van der Waals surface area contributed by atoms with E-state index in [9.17, 15) is 18.0 Å². The van der Waals surface area contributed by atoms with Crippen LogP contribution in [0.1, 0.15) is 10.4 Å². The van der Waals surface area contributed by atoms with E-state index in [-0.39, 0.29) is 22.7 Å². The lowest BCUT2D eigenvalue weighted by molar-refractivity contribution is -0.286. The molecule has 1 aromatic heterocycles. The minimum absolute atomic E-state index is 0.0468. The quantitative estimate of drug-likeness (QED) is 0.866. The van der Waals surface area contributed by atoms with Gasteiger partial charge in [0, 0.05) is 29.6 Å². The second kappa shape index (κ2) is 4.65. The van der Waals surface area contributed by atoms with Gasteiger partial charge in [0.15, 0.2) is 11.5 Å². The van der Waals surface area contributed by atoms with Gasteiger partial charge in [-0.2, -0.15) is 4.39 Å². The number of carbonyl (C=O) groups is 1. The van der Waals surface area contributed by atoms with Crippen LogP contribution in [-0.2, 0) is 0 Å². The number of ether oxygens (including phenoxy) is 2. The number of amides is 1. The molecule has 1 N–H and O–H groups in total. The van der Waals surface area contributed by atoms with Crippen LogP contribution in [0, 0.1) is 5.95 Å². The molecular formula is C13H7F3N2O3. The number of rotatable bonds is 2. The molecule has 2 aromatic rings. The van der Waals surface area contributed by atoms with Crippen LogP contribution in [0.2, 0.25) is 0 Å². The Morgan fingerprint density at radius 3 is 2.67 bits per heavy atom. The molecule has 0 bridgehead atoms. The Hall–Kier alpha value is -2.77. The summed E-state index contributed by atoms with van der Waals surface area (Å²) >= 11 is 0. The first-order valence-electron chi connectivity index (χ1n) is 5.76. The van der Waals surface area contributed by atoms with Crippen molar-refractivity contribution in [2.24, 2.45) is 0 Å². The summed E-state index contributed by atoms with van der Waals surface area (Å²) in [6, 6.07) is 6.06.